The van der Waals surface area contributed by atoms with Crippen LogP contribution in [0.3, 0.4) is 0 Å². The standard InChI is InChI=1S/C24H31NO8/c1-15-21(28)23(30)22(29)19(33-15)8-4-12-25(32-13-5-9-20(26)27)24(31)18-11-10-16-6-2-3-7-17(16)14-18/h2-3,6-7,10-11,14-15,19,21-23,28-30H,4-5,8-9,12-13H2,1H3,(H,26,27)/t15-,19-,21+,22+,23+/m0/s1. The van der Waals surface area contributed by atoms with Gasteiger partial charge < -0.3 is 25.2 Å². The van der Waals surface area contributed by atoms with Crippen molar-refractivity contribution in [2.45, 2.75) is 63.1 Å². The van der Waals surface area contributed by atoms with Crippen molar-refractivity contribution >= 4 is 22.6 Å². The van der Waals surface area contributed by atoms with Gasteiger partial charge in [0.2, 0.25) is 0 Å². The monoisotopic (exact) mass is 461 g/mol. The lowest BCUT2D eigenvalue weighted by Gasteiger charge is -2.39. The van der Waals surface area contributed by atoms with Crippen LogP contribution in [-0.4, -0.2) is 81.0 Å². The number of fused-ring (bicyclic) bond motifs is 1. The second-order valence-corrected chi connectivity index (χ2v) is 8.29. The van der Waals surface area contributed by atoms with Crippen LogP contribution in [0.25, 0.3) is 10.8 Å². The Bertz CT molecular complexity index is 951. The molecular formula is C24H31NO8. The first-order chi connectivity index (χ1) is 15.8. The first-order valence-electron chi connectivity index (χ1n) is 11.1. The highest BCUT2D eigenvalue weighted by molar-refractivity contribution is 5.98. The Kier molecular flexibility index (Phi) is 8.76. The third kappa shape index (κ3) is 6.49. The molecule has 9 nitrogen and oxygen atoms in total. The zero-order chi connectivity index (χ0) is 24.0. The number of hydrogen-bond donors (Lipinski definition) is 4. The van der Waals surface area contributed by atoms with Gasteiger partial charge in [0.05, 0.1) is 18.8 Å². The molecule has 1 aliphatic rings. The first kappa shape index (κ1) is 25.1. The van der Waals surface area contributed by atoms with E-state index in [1.54, 1.807) is 19.1 Å². The second kappa shape index (κ2) is 11.5. The average molecular weight is 462 g/mol. The summed E-state index contributed by atoms with van der Waals surface area (Å²) in [5.74, 6) is -1.30. The van der Waals surface area contributed by atoms with Gasteiger partial charge in [0.25, 0.3) is 5.91 Å². The summed E-state index contributed by atoms with van der Waals surface area (Å²) in [6, 6.07) is 13.0. The molecule has 33 heavy (non-hydrogen) atoms. The second-order valence-electron chi connectivity index (χ2n) is 8.29. The van der Waals surface area contributed by atoms with Crippen molar-refractivity contribution < 1.29 is 39.6 Å². The number of ether oxygens (including phenoxy) is 1. The van der Waals surface area contributed by atoms with E-state index in [0.717, 1.165) is 10.8 Å². The van der Waals surface area contributed by atoms with Crippen molar-refractivity contribution in [2.24, 2.45) is 0 Å². The van der Waals surface area contributed by atoms with Crippen LogP contribution in [-0.2, 0) is 14.4 Å². The van der Waals surface area contributed by atoms with E-state index in [0.29, 0.717) is 18.4 Å². The fourth-order valence-corrected chi connectivity index (χ4v) is 3.90. The summed E-state index contributed by atoms with van der Waals surface area (Å²) in [6.45, 7) is 1.86. The van der Waals surface area contributed by atoms with Crippen molar-refractivity contribution in [3.8, 4) is 0 Å². The number of hydrogen-bond acceptors (Lipinski definition) is 7. The smallest absolute Gasteiger partial charge is 0.303 e. The summed E-state index contributed by atoms with van der Waals surface area (Å²) in [4.78, 5) is 29.5. The van der Waals surface area contributed by atoms with E-state index in [-0.39, 0.29) is 31.9 Å². The van der Waals surface area contributed by atoms with E-state index >= 15 is 0 Å². The number of aliphatic hydroxyl groups excluding tert-OH is 3. The predicted molar refractivity (Wildman–Crippen MR) is 119 cm³/mol. The highest BCUT2D eigenvalue weighted by Gasteiger charge is 2.41. The Morgan fingerprint density at radius 1 is 1.00 bits per heavy atom. The number of benzene rings is 2. The van der Waals surface area contributed by atoms with Gasteiger partial charge in [0.15, 0.2) is 0 Å². The van der Waals surface area contributed by atoms with E-state index in [2.05, 4.69) is 0 Å². The highest BCUT2D eigenvalue weighted by atomic mass is 16.7. The summed E-state index contributed by atoms with van der Waals surface area (Å²) in [7, 11) is 0. The fourth-order valence-electron chi connectivity index (χ4n) is 3.90. The van der Waals surface area contributed by atoms with Crippen LogP contribution in [0.5, 0.6) is 0 Å². The van der Waals surface area contributed by atoms with Crippen LogP contribution in [0.4, 0.5) is 0 Å². The largest absolute Gasteiger partial charge is 0.481 e. The molecule has 9 heteroatoms. The van der Waals surface area contributed by atoms with Crippen molar-refractivity contribution in [1.29, 1.82) is 0 Å². The summed E-state index contributed by atoms with van der Waals surface area (Å²) in [5, 5.41) is 42.0. The molecule has 0 spiro atoms. The molecule has 180 valence electrons. The Morgan fingerprint density at radius 3 is 2.45 bits per heavy atom. The lowest BCUT2D eigenvalue weighted by atomic mass is 9.93. The van der Waals surface area contributed by atoms with Gasteiger partial charge in [0.1, 0.15) is 18.3 Å². The summed E-state index contributed by atoms with van der Waals surface area (Å²) < 4.78 is 5.61. The number of carbonyl (C=O) groups excluding carboxylic acids is 1. The molecule has 1 heterocycles. The van der Waals surface area contributed by atoms with Gasteiger partial charge in [0, 0.05) is 18.5 Å². The van der Waals surface area contributed by atoms with Crippen LogP contribution in [0.1, 0.15) is 43.0 Å². The number of carboxylic acid groups (broad SMARTS) is 1. The normalized spacial score (nSPS) is 25.2. The van der Waals surface area contributed by atoms with Gasteiger partial charge in [-0.3, -0.25) is 14.4 Å². The van der Waals surface area contributed by atoms with Gasteiger partial charge >= 0.3 is 5.97 Å². The van der Waals surface area contributed by atoms with Gasteiger partial charge in [-0.05, 0) is 49.1 Å². The molecule has 1 aliphatic heterocycles. The third-order valence-corrected chi connectivity index (χ3v) is 5.81. The number of aliphatic carboxylic acids is 1. The maximum Gasteiger partial charge on any atom is 0.303 e. The van der Waals surface area contributed by atoms with Crippen LogP contribution in [0.2, 0.25) is 0 Å². The van der Waals surface area contributed by atoms with E-state index in [4.69, 9.17) is 14.7 Å². The molecule has 2 aromatic carbocycles. The minimum Gasteiger partial charge on any atom is -0.481 e. The van der Waals surface area contributed by atoms with Crippen molar-refractivity contribution in [1.82, 2.24) is 5.06 Å². The maximum absolute atomic E-state index is 13.1. The number of aliphatic hydroxyl groups is 3. The molecule has 0 radical (unpaired) electrons. The van der Waals surface area contributed by atoms with E-state index in [1.165, 1.54) is 5.06 Å². The first-order valence-corrected chi connectivity index (χ1v) is 11.1. The van der Waals surface area contributed by atoms with Gasteiger partial charge in [-0.1, -0.05) is 30.3 Å². The number of nitrogens with zero attached hydrogens (tertiary/aromatic N) is 1. The van der Waals surface area contributed by atoms with Gasteiger partial charge in [-0.2, -0.15) is 0 Å². The minimum atomic E-state index is -1.30. The molecular weight excluding hydrogens is 430 g/mol. The molecule has 3 rings (SSSR count). The number of hydroxylamine groups is 2. The Balaban J connectivity index is 1.65. The Hall–Kier alpha value is -2.56. The van der Waals surface area contributed by atoms with Crippen molar-refractivity contribution in [3.63, 3.8) is 0 Å². The number of carbonyl (C=O) groups is 2. The lowest BCUT2D eigenvalue weighted by Crippen LogP contribution is -2.56. The SMILES string of the molecule is C[C@@H]1O[C@@H](CCCN(OCCCC(=O)O)C(=O)c2ccc3ccccc3c2)[C@@H](O)[C@H](O)[C@@H]1O. The van der Waals surface area contributed by atoms with Gasteiger partial charge in [-0.25, -0.2) is 5.06 Å². The van der Waals surface area contributed by atoms with Crippen molar-refractivity contribution in [3.05, 3.63) is 48.0 Å². The van der Waals surface area contributed by atoms with E-state index in [1.807, 2.05) is 30.3 Å². The molecule has 2 aromatic rings. The van der Waals surface area contributed by atoms with Crippen LogP contribution < -0.4 is 0 Å². The van der Waals surface area contributed by atoms with Crippen LogP contribution >= 0.6 is 0 Å². The van der Waals surface area contributed by atoms with Gasteiger partial charge in [-0.15, -0.1) is 0 Å². The summed E-state index contributed by atoms with van der Waals surface area (Å²) in [5.41, 5.74) is 0.438. The highest BCUT2D eigenvalue weighted by Crippen LogP contribution is 2.24. The zero-order valence-corrected chi connectivity index (χ0v) is 18.5. The fraction of sp³-hybridized carbons (Fsp3) is 0.500. The topological polar surface area (TPSA) is 137 Å². The maximum atomic E-state index is 13.1. The lowest BCUT2D eigenvalue weighted by molar-refractivity contribution is -0.219. The number of rotatable bonds is 10. The third-order valence-electron chi connectivity index (χ3n) is 5.81. The molecule has 0 bridgehead atoms. The molecule has 1 fully saturated rings. The number of carboxylic acids is 1. The molecule has 1 saturated heterocycles. The summed E-state index contributed by atoms with van der Waals surface area (Å²) >= 11 is 0. The van der Waals surface area contributed by atoms with E-state index in [9.17, 15) is 24.9 Å². The quantitative estimate of drug-likeness (QED) is 0.310. The van der Waals surface area contributed by atoms with Crippen LogP contribution in [0, 0.1) is 0 Å². The number of amides is 1. The molecule has 1 amide bonds. The molecule has 0 unspecified atom stereocenters. The molecule has 0 aliphatic carbocycles. The van der Waals surface area contributed by atoms with E-state index < -0.39 is 36.5 Å². The molecule has 4 N–H and O–H groups in total. The molecule has 5 atom stereocenters. The zero-order valence-electron chi connectivity index (χ0n) is 18.5. The average Bonchev–Trinajstić information content (AvgIpc) is 2.81. The molecule has 0 aromatic heterocycles. The van der Waals surface area contributed by atoms with Crippen LogP contribution in [0.15, 0.2) is 42.5 Å². The van der Waals surface area contributed by atoms with Crippen molar-refractivity contribution in [2.75, 3.05) is 13.2 Å². The summed E-state index contributed by atoms with van der Waals surface area (Å²) in [6.07, 6.45) is -4.12. The predicted octanol–water partition coefficient (Wildman–Crippen LogP) is 1.73. The molecule has 0 saturated carbocycles. The Morgan fingerprint density at radius 2 is 1.73 bits per heavy atom. The Labute approximate surface area is 192 Å². The minimum absolute atomic E-state index is 0.0656.